The van der Waals surface area contributed by atoms with E-state index in [1.54, 1.807) is 0 Å². The van der Waals surface area contributed by atoms with Crippen LogP contribution in [0.1, 0.15) is 51.5 Å². The monoisotopic (exact) mass is 311 g/mol. The van der Waals surface area contributed by atoms with Crippen LogP contribution in [0.5, 0.6) is 5.75 Å². The van der Waals surface area contributed by atoms with Crippen molar-refractivity contribution in [1.82, 2.24) is 5.32 Å². The zero-order valence-electron chi connectivity index (χ0n) is 14.5. The van der Waals surface area contributed by atoms with E-state index in [4.69, 9.17) is 4.74 Å². The van der Waals surface area contributed by atoms with Gasteiger partial charge in [-0.2, -0.15) is 0 Å². The van der Waals surface area contributed by atoms with E-state index in [1.807, 2.05) is 0 Å². The maximum Gasteiger partial charge on any atom is 0.124 e. The minimum Gasteiger partial charge on any atom is -0.493 e. The second-order valence-corrected chi connectivity index (χ2v) is 7.18. The molecule has 2 heteroatoms. The summed E-state index contributed by atoms with van der Waals surface area (Å²) in [6.45, 7) is 6.07. The number of ether oxygens (including phenoxy) is 1. The molecule has 2 aromatic carbocycles. The van der Waals surface area contributed by atoms with Crippen LogP contribution in [0.3, 0.4) is 0 Å². The second kappa shape index (κ2) is 7.83. The van der Waals surface area contributed by atoms with E-state index in [-0.39, 0.29) is 0 Å². The number of hydrogen-bond acceptors (Lipinski definition) is 2. The molecule has 1 saturated carbocycles. The van der Waals surface area contributed by atoms with Gasteiger partial charge in [0.1, 0.15) is 5.75 Å². The number of hydrogen-bond donors (Lipinski definition) is 1. The third-order valence-corrected chi connectivity index (χ3v) is 4.74. The van der Waals surface area contributed by atoms with Gasteiger partial charge in [-0.05, 0) is 35.6 Å². The minimum absolute atomic E-state index is 0.542. The summed E-state index contributed by atoms with van der Waals surface area (Å²) in [5.41, 5.74) is 1.31. The summed E-state index contributed by atoms with van der Waals surface area (Å²) < 4.78 is 6.11. The predicted molar refractivity (Wildman–Crippen MR) is 98.0 cm³/mol. The summed E-state index contributed by atoms with van der Waals surface area (Å²) in [6.07, 6.45) is 6.75. The Labute approximate surface area is 140 Å². The normalized spacial score (nSPS) is 16.1. The smallest absolute Gasteiger partial charge is 0.124 e. The summed E-state index contributed by atoms with van der Waals surface area (Å²) in [5, 5.41) is 6.39. The molecule has 0 heterocycles. The SMILES string of the molecule is CC(C)COc1ccc2ccccc2c1CNC1CCCCC1. The lowest BCUT2D eigenvalue weighted by Gasteiger charge is -2.24. The number of nitrogens with one attached hydrogen (secondary N) is 1. The molecule has 1 aliphatic carbocycles. The molecule has 0 bridgehead atoms. The molecule has 1 N–H and O–H groups in total. The summed E-state index contributed by atoms with van der Waals surface area (Å²) in [4.78, 5) is 0. The van der Waals surface area contributed by atoms with Crippen molar-refractivity contribution in [2.45, 2.75) is 58.5 Å². The maximum absolute atomic E-state index is 6.11. The highest BCUT2D eigenvalue weighted by Gasteiger charge is 2.15. The van der Waals surface area contributed by atoms with Crippen molar-refractivity contribution in [3.63, 3.8) is 0 Å². The number of rotatable bonds is 6. The van der Waals surface area contributed by atoms with Crippen molar-refractivity contribution >= 4 is 10.8 Å². The van der Waals surface area contributed by atoms with Crippen molar-refractivity contribution in [3.05, 3.63) is 42.0 Å². The van der Waals surface area contributed by atoms with Crippen LogP contribution in [0.4, 0.5) is 0 Å². The summed E-state index contributed by atoms with van der Waals surface area (Å²) in [5.74, 6) is 1.58. The zero-order valence-corrected chi connectivity index (χ0v) is 14.5. The number of benzene rings is 2. The summed E-state index contributed by atoms with van der Waals surface area (Å²) >= 11 is 0. The Morgan fingerprint density at radius 3 is 2.61 bits per heavy atom. The Bertz CT molecular complexity index is 629. The highest BCUT2D eigenvalue weighted by molar-refractivity contribution is 5.87. The standard InChI is InChI=1S/C21H29NO/c1-16(2)15-23-21-13-12-17-8-6-7-11-19(17)20(21)14-22-18-9-4-3-5-10-18/h6-8,11-13,16,18,22H,3-5,9-10,14-15H2,1-2H3. The number of fused-ring (bicyclic) bond motifs is 1. The fourth-order valence-corrected chi connectivity index (χ4v) is 3.44. The van der Waals surface area contributed by atoms with Crippen LogP contribution < -0.4 is 10.1 Å². The first-order valence-corrected chi connectivity index (χ1v) is 9.11. The van der Waals surface area contributed by atoms with Gasteiger partial charge < -0.3 is 10.1 Å². The van der Waals surface area contributed by atoms with Crippen molar-refractivity contribution in [1.29, 1.82) is 0 Å². The van der Waals surface area contributed by atoms with Gasteiger partial charge in [-0.3, -0.25) is 0 Å². The fraction of sp³-hybridized carbons (Fsp3) is 0.524. The van der Waals surface area contributed by atoms with Gasteiger partial charge in [-0.15, -0.1) is 0 Å². The van der Waals surface area contributed by atoms with Crippen LogP contribution in [-0.2, 0) is 6.54 Å². The highest BCUT2D eigenvalue weighted by Crippen LogP contribution is 2.29. The van der Waals surface area contributed by atoms with E-state index in [0.717, 1.165) is 18.9 Å². The van der Waals surface area contributed by atoms with E-state index in [2.05, 4.69) is 55.6 Å². The Hall–Kier alpha value is -1.54. The molecule has 2 nitrogen and oxygen atoms in total. The summed E-state index contributed by atoms with van der Waals surface area (Å²) in [7, 11) is 0. The van der Waals surface area contributed by atoms with E-state index < -0.39 is 0 Å². The molecule has 0 unspecified atom stereocenters. The van der Waals surface area contributed by atoms with Crippen LogP contribution in [0.25, 0.3) is 10.8 Å². The van der Waals surface area contributed by atoms with Crippen LogP contribution in [0.2, 0.25) is 0 Å². The third kappa shape index (κ3) is 4.26. The average Bonchev–Trinajstić information content (AvgIpc) is 2.59. The highest BCUT2D eigenvalue weighted by atomic mass is 16.5. The van der Waals surface area contributed by atoms with Gasteiger partial charge in [0.2, 0.25) is 0 Å². The lowest BCUT2D eigenvalue weighted by Crippen LogP contribution is -2.30. The molecular formula is C21H29NO. The molecule has 1 aliphatic rings. The minimum atomic E-state index is 0.542. The first-order valence-electron chi connectivity index (χ1n) is 9.11. The quantitative estimate of drug-likeness (QED) is 0.782. The molecule has 0 amide bonds. The zero-order chi connectivity index (χ0) is 16.1. The molecule has 0 atom stereocenters. The predicted octanol–water partition coefficient (Wildman–Crippen LogP) is 5.30. The first kappa shape index (κ1) is 16.3. The van der Waals surface area contributed by atoms with E-state index in [1.165, 1.54) is 48.4 Å². The molecule has 0 saturated heterocycles. The van der Waals surface area contributed by atoms with Crippen molar-refractivity contribution < 1.29 is 4.74 Å². The molecule has 0 spiro atoms. The lowest BCUT2D eigenvalue weighted by atomic mass is 9.95. The Kier molecular flexibility index (Phi) is 5.56. The van der Waals surface area contributed by atoms with Crippen LogP contribution in [0, 0.1) is 5.92 Å². The van der Waals surface area contributed by atoms with E-state index in [0.29, 0.717) is 12.0 Å². The summed E-state index contributed by atoms with van der Waals surface area (Å²) in [6, 6.07) is 13.6. The van der Waals surface area contributed by atoms with Crippen molar-refractivity contribution in [2.75, 3.05) is 6.61 Å². The molecule has 2 aromatic rings. The molecule has 3 rings (SSSR count). The molecule has 0 radical (unpaired) electrons. The molecule has 1 fully saturated rings. The van der Waals surface area contributed by atoms with Gasteiger partial charge >= 0.3 is 0 Å². The largest absolute Gasteiger partial charge is 0.493 e. The van der Waals surface area contributed by atoms with Gasteiger partial charge in [0.05, 0.1) is 6.61 Å². The van der Waals surface area contributed by atoms with Gasteiger partial charge in [0.15, 0.2) is 0 Å². The average molecular weight is 311 g/mol. The van der Waals surface area contributed by atoms with Crippen molar-refractivity contribution in [3.8, 4) is 5.75 Å². The van der Waals surface area contributed by atoms with Gasteiger partial charge in [0, 0.05) is 18.2 Å². The van der Waals surface area contributed by atoms with E-state index >= 15 is 0 Å². The molecule has 0 aliphatic heterocycles. The molecule has 23 heavy (non-hydrogen) atoms. The van der Waals surface area contributed by atoms with Crippen LogP contribution in [-0.4, -0.2) is 12.6 Å². The maximum atomic E-state index is 6.11. The van der Waals surface area contributed by atoms with Gasteiger partial charge in [-0.25, -0.2) is 0 Å². The van der Waals surface area contributed by atoms with E-state index in [9.17, 15) is 0 Å². The van der Waals surface area contributed by atoms with Gasteiger partial charge in [0.25, 0.3) is 0 Å². The fourth-order valence-electron chi connectivity index (χ4n) is 3.44. The van der Waals surface area contributed by atoms with Crippen molar-refractivity contribution in [2.24, 2.45) is 5.92 Å². The van der Waals surface area contributed by atoms with Gasteiger partial charge in [-0.1, -0.05) is 63.4 Å². The van der Waals surface area contributed by atoms with Crippen LogP contribution in [0.15, 0.2) is 36.4 Å². The third-order valence-electron chi connectivity index (χ3n) is 4.74. The Morgan fingerprint density at radius 1 is 1.04 bits per heavy atom. The molecule has 124 valence electrons. The molecule has 0 aromatic heterocycles. The Balaban J connectivity index is 1.82. The Morgan fingerprint density at radius 2 is 1.83 bits per heavy atom. The first-order chi connectivity index (χ1) is 11.2. The lowest BCUT2D eigenvalue weighted by molar-refractivity contribution is 0.267. The van der Waals surface area contributed by atoms with Crippen LogP contribution >= 0.6 is 0 Å². The second-order valence-electron chi connectivity index (χ2n) is 7.18. The molecular weight excluding hydrogens is 282 g/mol. The topological polar surface area (TPSA) is 21.3 Å².